The molecule has 0 fully saturated rings. The lowest BCUT2D eigenvalue weighted by molar-refractivity contribution is 0.402. The van der Waals surface area contributed by atoms with Crippen LogP contribution < -0.4 is 0 Å². The van der Waals surface area contributed by atoms with E-state index in [4.69, 9.17) is 0 Å². The van der Waals surface area contributed by atoms with E-state index < -0.39 is 0 Å². The van der Waals surface area contributed by atoms with Gasteiger partial charge in [0.1, 0.15) is 23.2 Å². The number of imidazole rings is 1. The van der Waals surface area contributed by atoms with E-state index in [0.717, 1.165) is 15.9 Å². The second-order valence-electron chi connectivity index (χ2n) is 5.19. The second kappa shape index (κ2) is 6.77. The molecule has 120 valence electrons. The summed E-state index contributed by atoms with van der Waals surface area (Å²) in [6.07, 6.45) is 0. The molecule has 0 aliphatic rings. The van der Waals surface area contributed by atoms with Crippen LogP contribution in [0.4, 0.5) is 4.39 Å². The van der Waals surface area contributed by atoms with E-state index >= 15 is 0 Å². The summed E-state index contributed by atoms with van der Waals surface area (Å²) < 4.78 is 13.0. The topological polar surface area (TPSA) is 72.7 Å². The van der Waals surface area contributed by atoms with Crippen LogP contribution in [-0.2, 0) is 0 Å². The van der Waals surface area contributed by atoms with E-state index in [-0.39, 0.29) is 22.4 Å². The maximum Gasteiger partial charge on any atom is 0.152 e. The van der Waals surface area contributed by atoms with Gasteiger partial charge in [-0.05, 0) is 43.3 Å². The summed E-state index contributed by atoms with van der Waals surface area (Å²) in [5, 5.41) is 19.5. The zero-order chi connectivity index (χ0) is 17.1. The minimum atomic E-state index is -0.377. The van der Waals surface area contributed by atoms with E-state index in [1.807, 2.05) is 30.3 Å². The number of thioether (sulfide) groups is 1. The Kier molecular flexibility index (Phi) is 4.54. The number of nitrogens with zero attached hydrogens (tertiary/aromatic N) is 2. The number of aromatic amines is 1. The van der Waals surface area contributed by atoms with Gasteiger partial charge in [0.15, 0.2) is 5.82 Å². The van der Waals surface area contributed by atoms with Gasteiger partial charge in [0.2, 0.25) is 0 Å². The number of nitriles is 1. The highest BCUT2D eigenvalue weighted by molar-refractivity contribution is 8.00. The molecule has 1 heterocycles. The number of hydrogen-bond acceptors (Lipinski definition) is 4. The van der Waals surface area contributed by atoms with Crippen LogP contribution in [0.15, 0.2) is 59.2 Å². The lowest BCUT2D eigenvalue weighted by atomic mass is 10.2. The van der Waals surface area contributed by atoms with Gasteiger partial charge in [-0.1, -0.05) is 12.1 Å². The molecule has 1 aromatic heterocycles. The summed E-state index contributed by atoms with van der Waals surface area (Å²) in [5.74, 6) is -0.0413. The van der Waals surface area contributed by atoms with Gasteiger partial charge >= 0.3 is 0 Å². The van der Waals surface area contributed by atoms with Crippen LogP contribution in [0.3, 0.4) is 0 Å². The first-order valence-electron chi connectivity index (χ1n) is 7.29. The van der Waals surface area contributed by atoms with Crippen molar-refractivity contribution in [1.29, 1.82) is 5.26 Å². The molecule has 3 aromatic rings. The van der Waals surface area contributed by atoms with Gasteiger partial charge in [-0.3, -0.25) is 0 Å². The van der Waals surface area contributed by atoms with Crippen molar-refractivity contribution in [2.45, 2.75) is 17.1 Å². The Labute approximate surface area is 142 Å². The molecule has 0 spiro atoms. The number of hydrogen-bond donors (Lipinski definition) is 2. The third-order valence-electron chi connectivity index (χ3n) is 3.51. The van der Waals surface area contributed by atoms with E-state index in [9.17, 15) is 14.8 Å². The normalized spacial score (nSPS) is 13.4. The van der Waals surface area contributed by atoms with Gasteiger partial charge in [0.05, 0.1) is 16.3 Å². The third-order valence-corrected chi connectivity index (χ3v) is 4.63. The minimum absolute atomic E-state index is 0.0640. The molecular weight excluding hydrogens is 325 g/mol. The molecular formula is C18H14FN3OS. The molecule has 0 amide bonds. The van der Waals surface area contributed by atoms with Crippen LogP contribution in [0.25, 0.3) is 16.6 Å². The standard InChI is InChI=1S/C18H14FN3OS/c1-11(24-13-8-6-12(19)7-9-13)17(23)14(10-20)18-21-15-4-2-3-5-16(15)22-18/h2-9,11,23H,1H3,(H,21,22)/b17-14-/t11-/m0/s1. The number of fused-ring (bicyclic) bond motifs is 1. The maximum atomic E-state index is 13.0. The summed E-state index contributed by atoms with van der Waals surface area (Å²) >= 11 is 1.34. The molecule has 3 rings (SSSR count). The summed E-state index contributed by atoms with van der Waals surface area (Å²) in [7, 11) is 0. The van der Waals surface area contributed by atoms with E-state index in [2.05, 4.69) is 9.97 Å². The van der Waals surface area contributed by atoms with Crippen LogP contribution in [0.5, 0.6) is 0 Å². The fourth-order valence-electron chi connectivity index (χ4n) is 2.28. The number of H-pyrrole nitrogens is 1. The highest BCUT2D eigenvalue weighted by Gasteiger charge is 2.19. The Morgan fingerprint density at radius 3 is 2.62 bits per heavy atom. The second-order valence-corrected chi connectivity index (χ2v) is 6.60. The molecule has 2 N–H and O–H groups in total. The Bertz CT molecular complexity index is 908. The first-order valence-corrected chi connectivity index (χ1v) is 8.17. The zero-order valence-corrected chi connectivity index (χ0v) is 13.6. The molecule has 0 unspecified atom stereocenters. The molecule has 0 saturated heterocycles. The van der Waals surface area contributed by atoms with Crippen molar-refractivity contribution in [2.75, 3.05) is 0 Å². The summed E-state index contributed by atoms with van der Waals surface area (Å²) in [6, 6.07) is 15.4. The van der Waals surface area contributed by atoms with Crippen LogP contribution in [0.2, 0.25) is 0 Å². The molecule has 1 atom stereocenters. The van der Waals surface area contributed by atoms with Crippen molar-refractivity contribution in [2.24, 2.45) is 0 Å². The highest BCUT2D eigenvalue weighted by Crippen LogP contribution is 2.30. The predicted octanol–water partition coefficient (Wildman–Crippen LogP) is 4.68. The average Bonchev–Trinajstić information content (AvgIpc) is 3.01. The van der Waals surface area contributed by atoms with Gasteiger partial charge in [0.25, 0.3) is 0 Å². The molecule has 0 aliphatic heterocycles. The molecule has 24 heavy (non-hydrogen) atoms. The van der Waals surface area contributed by atoms with E-state index in [1.54, 1.807) is 19.1 Å². The molecule has 0 saturated carbocycles. The molecule has 4 nitrogen and oxygen atoms in total. The van der Waals surface area contributed by atoms with Gasteiger partial charge in [-0.15, -0.1) is 11.8 Å². The number of allylic oxidation sites excluding steroid dienone is 1. The van der Waals surface area contributed by atoms with Crippen LogP contribution in [0.1, 0.15) is 12.7 Å². The SMILES string of the molecule is C[C@H](Sc1ccc(F)cc1)/C(O)=C(\C#N)c1nc2ccccc2[nH]1. The minimum Gasteiger partial charge on any atom is -0.510 e. The van der Waals surface area contributed by atoms with Crippen molar-refractivity contribution in [3.05, 3.63) is 65.9 Å². The summed E-state index contributed by atoms with van der Waals surface area (Å²) in [6.45, 7) is 1.78. The smallest absolute Gasteiger partial charge is 0.152 e. The largest absolute Gasteiger partial charge is 0.510 e. The number of para-hydroxylation sites is 2. The fraction of sp³-hybridized carbons (Fsp3) is 0.111. The first kappa shape index (κ1) is 16.1. The maximum absolute atomic E-state index is 13.0. The Morgan fingerprint density at radius 1 is 1.25 bits per heavy atom. The van der Waals surface area contributed by atoms with Crippen LogP contribution in [0, 0.1) is 17.1 Å². The Hall–Kier alpha value is -2.78. The number of nitrogens with one attached hydrogen (secondary N) is 1. The fourth-order valence-corrected chi connectivity index (χ4v) is 3.21. The lowest BCUT2D eigenvalue weighted by Gasteiger charge is -2.11. The third kappa shape index (κ3) is 3.26. The number of benzene rings is 2. The lowest BCUT2D eigenvalue weighted by Crippen LogP contribution is -2.04. The van der Waals surface area contributed by atoms with Gasteiger partial charge < -0.3 is 10.1 Å². The molecule has 0 aliphatic carbocycles. The number of aliphatic hydroxyl groups is 1. The molecule has 0 radical (unpaired) electrons. The predicted molar refractivity (Wildman–Crippen MR) is 93.0 cm³/mol. The van der Waals surface area contributed by atoms with E-state index in [1.165, 1.54) is 23.9 Å². The number of aliphatic hydroxyl groups excluding tert-OH is 1. The van der Waals surface area contributed by atoms with Crippen molar-refractivity contribution < 1.29 is 9.50 Å². The molecule has 6 heteroatoms. The summed E-state index contributed by atoms with van der Waals surface area (Å²) in [5.41, 5.74) is 1.63. The number of halogens is 1. The van der Waals surface area contributed by atoms with Crippen LogP contribution in [-0.4, -0.2) is 20.3 Å². The number of aromatic nitrogens is 2. The van der Waals surface area contributed by atoms with Crippen molar-refractivity contribution >= 4 is 28.4 Å². The quantitative estimate of drug-likeness (QED) is 0.411. The average molecular weight is 339 g/mol. The van der Waals surface area contributed by atoms with Gasteiger partial charge in [-0.25, -0.2) is 9.37 Å². The zero-order valence-electron chi connectivity index (χ0n) is 12.8. The van der Waals surface area contributed by atoms with Gasteiger partial charge in [0, 0.05) is 4.90 Å². The van der Waals surface area contributed by atoms with E-state index in [0.29, 0.717) is 5.82 Å². The molecule has 2 aromatic carbocycles. The van der Waals surface area contributed by atoms with Crippen molar-refractivity contribution in [3.8, 4) is 6.07 Å². The van der Waals surface area contributed by atoms with Gasteiger partial charge in [-0.2, -0.15) is 5.26 Å². The molecule has 0 bridgehead atoms. The number of rotatable bonds is 4. The summed E-state index contributed by atoms with van der Waals surface area (Å²) in [4.78, 5) is 8.20. The highest BCUT2D eigenvalue weighted by atomic mass is 32.2. The Morgan fingerprint density at radius 2 is 1.96 bits per heavy atom. The monoisotopic (exact) mass is 339 g/mol. The first-order chi connectivity index (χ1) is 11.6. The van der Waals surface area contributed by atoms with Crippen molar-refractivity contribution in [1.82, 2.24) is 9.97 Å². The Balaban J connectivity index is 1.91. The van der Waals surface area contributed by atoms with Crippen LogP contribution >= 0.6 is 11.8 Å². The van der Waals surface area contributed by atoms with Crippen molar-refractivity contribution in [3.63, 3.8) is 0 Å².